The Labute approximate surface area is 113 Å². The summed E-state index contributed by atoms with van der Waals surface area (Å²) in [5.41, 5.74) is 1.08. The fourth-order valence-corrected chi connectivity index (χ4v) is 3.04. The predicted octanol–water partition coefficient (Wildman–Crippen LogP) is 3.10. The molecule has 0 aliphatic rings. The molecule has 1 aromatic heterocycles. The van der Waals surface area contributed by atoms with Gasteiger partial charge in [-0.25, -0.2) is 0 Å². The van der Waals surface area contributed by atoms with Gasteiger partial charge in [-0.3, -0.25) is 0 Å². The molecule has 0 aliphatic heterocycles. The maximum atomic E-state index is 6.15. The van der Waals surface area contributed by atoms with Crippen LogP contribution in [0.15, 0.2) is 36.9 Å². The predicted molar refractivity (Wildman–Crippen MR) is 67.2 cm³/mol. The van der Waals surface area contributed by atoms with Crippen LogP contribution in [-0.4, -0.2) is 26.4 Å². The minimum absolute atomic E-state index is 0.270. The molecule has 1 aromatic carbocycles. The summed E-state index contributed by atoms with van der Waals surface area (Å²) in [5.74, 6) is 0. The molecular formula is C11H9AsCl2N2. The van der Waals surface area contributed by atoms with Crippen LogP contribution in [0, 0.1) is 0 Å². The minimum atomic E-state index is 0.270. The third-order valence-electron chi connectivity index (χ3n) is 2.26. The van der Waals surface area contributed by atoms with E-state index in [4.69, 9.17) is 23.2 Å². The van der Waals surface area contributed by atoms with Crippen LogP contribution in [0.25, 0.3) is 0 Å². The summed E-state index contributed by atoms with van der Waals surface area (Å²) < 4.78 is 2.29. The van der Waals surface area contributed by atoms with E-state index in [1.807, 2.05) is 22.9 Å². The van der Waals surface area contributed by atoms with Gasteiger partial charge >= 0.3 is 113 Å². The van der Waals surface area contributed by atoms with E-state index in [1.165, 1.54) is 0 Å². The first-order valence-electron chi connectivity index (χ1n) is 4.75. The fraction of sp³-hybridized carbons (Fsp3) is 0.182. The van der Waals surface area contributed by atoms with Gasteiger partial charge in [0, 0.05) is 0 Å². The maximum absolute atomic E-state index is 6.15. The van der Waals surface area contributed by atoms with Gasteiger partial charge < -0.3 is 0 Å². The molecule has 1 heterocycles. The Morgan fingerprint density at radius 3 is 2.81 bits per heavy atom. The Bertz CT molecular complexity index is 471. The average Bonchev–Trinajstić information content (AvgIpc) is 2.70. The molecule has 2 aromatic rings. The van der Waals surface area contributed by atoms with Crippen LogP contribution in [0.1, 0.15) is 10.3 Å². The molecule has 0 N–H and O–H groups in total. The van der Waals surface area contributed by atoms with E-state index in [0.717, 1.165) is 12.1 Å². The van der Waals surface area contributed by atoms with Crippen molar-refractivity contribution in [1.29, 1.82) is 0 Å². The molecule has 0 bridgehead atoms. The quantitative estimate of drug-likeness (QED) is 0.796. The summed E-state index contributed by atoms with van der Waals surface area (Å²) in [6.07, 6.45) is 5.50. The molecular weight excluding hydrogens is 306 g/mol. The molecule has 2 radical (unpaired) electrons. The van der Waals surface area contributed by atoms with E-state index in [0.29, 0.717) is 10.0 Å². The van der Waals surface area contributed by atoms with Gasteiger partial charge in [0.25, 0.3) is 0 Å². The van der Waals surface area contributed by atoms with Crippen LogP contribution < -0.4 is 0 Å². The van der Waals surface area contributed by atoms with Gasteiger partial charge in [0.15, 0.2) is 0 Å². The van der Waals surface area contributed by atoms with Gasteiger partial charge in [0.2, 0.25) is 0 Å². The molecule has 0 spiro atoms. The third kappa shape index (κ3) is 2.82. The van der Waals surface area contributed by atoms with Gasteiger partial charge in [-0.1, -0.05) is 0 Å². The van der Waals surface area contributed by atoms with Gasteiger partial charge in [-0.05, 0) is 0 Å². The van der Waals surface area contributed by atoms with Gasteiger partial charge in [0.05, 0.1) is 0 Å². The van der Waals surface area contributed by atoms with Crippen molar-refractivity contribution in [2.24, 2.45) is 0 Å². The molecule has 0 saturated heterocycles. The van der Waals surface area contributed by atoms with Gasteiger partial charge in [-0.2, -0.15) is 0 Å². The molecule has 2 rings (SSSR count). The molecule has 1 atom stereocenters. The average molecular weight is 315 g/mol. The monoisotopic (exact) mass is 314 g/mol. The number of aromatic nitrogens is 2. The number of hydrogen-bond donors (Lipinski definition) is 0. The first-order valence-corrected chi connectivity index (χ1v) is 6.59. The van der Waals surface area contributed by atoms with Crippen molar-refractivity contribution in [2.75, 3.05) is 0 Å². The first kappa shape index (κ1) is 12.0. The zero-order valence-electron chi connectivity index (χ0n) is 8.35. The van der Waals surface area contributed by atoms with E-state index in [9.17, 15) is 0 Å². The summed E-state index contributed by atoms with van der Waals surface area (Å²) in [4.78, 5) is 4.01. The number of imidazole rings is 1. The van der Waals surface area contributed by atoms with E-state index >= 15 is 0 Å². The summed E-state index contributed by atoms with van der Waals surface area (Å²) in [7, 11) is 0. The van der Waals surface area contributed by atoms with E-state index in [-0.39, 0.29) is 4.71 Å². The Morgan fingerprint density at radius 1 is 1.38 bits per heavy atom. The number of nitrogens with zero attached hydrogens (tertiary/aromatic N) is 2. The van der Waals surface area contributed by atoms with Gasteiger partial charge in [0.1, 0.15) is 0 Å². The molecule has 16 heavy (non-hydrogen) atoms. The third-order valence-corrected chi connectivity index (χ3v) is 3.75. The molecule has 0 saturated carbocycles. The molecule has 0 aliphatic carbocycles. The zero-order chi connectivity index (χ0) is 11.5. The van der Waals surface area contributed by atoms with Crippen molar-refractivity contribution in [2.45, 2.75) is 11.3 Å². The second-order valence-electron chi connectivity index (χ2n) is 3.44. The molecule has 1 unspecified atom stereocenters. The summed E-state index contributed by atoms with van der Waals surface area (Å²) in [6, 6.07) is 5.59. The van der Waals surface area contributed by atoms with Crippen LogP contribution in [0.5, 0.6) is 0 Å². The summed E-state index contributed by atoms with van der Waals surface area (Å²) in [6.45, 7) is 0.835. The second-order valence-corrected chi connectivity index (χ2v) is 5.59. The topological polar surface area (TPSA) is 17.8 Å². The Morgan fingerprint density at radius 2 is 2.19 bits per heavy atom. The molecule has 0 amide bonds. The number of rotatable bonds is 3. The molecule has 5 heteroatoms. The first-order chi connectivity index (χ1) is 7.66. The van der Waals surface area contributed by atoms with E-state index in [1.54, 1.807) is 18.6 Å². The molecule has 82 valence electrons. The fourth-order valence-electron chi connectivity index (χ4n) is 1.46. The van der Waals surface area contributed by atoms with Crippen molar-refractivity contribution in [1.82, 2.24) is 9.55 Å². The van der Waals surface area contributed by atoms with E-state index in [2.05, 4.69) is 21.8 Å². The standard InChI is InChI=1S/C11H9AsCl2N2/c12-10(6-16-4-3-15-7-16)9-2-1-8(13)5-11(9)14/h1-5,7,10H,6H2. The Kier molecular flexibility index (Phi) is 3.96. The number of benzene rings is 1. The van der Waals surface area contributed by atoms with Crippen LogP contribution >= 0.6 is 23.2 Å². The van der Waals surface area contributed by atoms with Crippen LogP contribution in [-0.2, 0) is 6.54 Å². The number of hydrogen-bond acceptors (Lipinski definition) is 1. The number of halogens is 2. The Balaban J connectivity index is 2.17. The van der Waals surface area contributed by atoms with Crippen LogP contribution in [0.2, 0.25) is 10.0 Å². The molecule has 0 fully saturated rings. The molecule has 2 nitrogen and oxygen atoms in total. The van der Waals surface area contributed by atoms with Crippen molar-refractivity contribution in [3.63, 3.8) is 0 Å². The van der Waals surface area contributed by atoms with Crippen LogP contribution in [0.4, 0.5) is 0 Å². The Hall–Kier alpha value is -0.432. The van der Waals surface area contributed by atoms with Crippen molar-refractivity contribution >= 4 is 40.1 Å². The van der Waals surface area contributed by atoms with Crippen molar-refractivity contribution in [3.05, 3.63) is 52.5 Å². The second kappa shape index (κ2) is 5.27. The van der Waals surface area contributed by atoms with Crippen molar-refractivity contribution < 1.29 is 0 Å². The SMILES string of the molecule is Clc1ccc(C([As])Cn2ccnc2)c(Cl)c1. The van der Waals surface area contributed by atoms with E-state index < -0.39 is 0 Å². The normalized spacial score (nSPS) is 12.7. The zero-order valence-corrected chi connectivity index (χ0v) is 11.7. The van der Waals surface area contributed by atoms with Crippen molar-refractivity contribution in [3.8, 4) is 0 Å². The van der Waals surface area contributed by atoms with Gasteiger partial charge in [-0.15, -0.1) is 0 Å². The van der Waals surface area contributed by atoms with Crippen LogP contribution in [0.3, 0.4) is 0 Å². The summed E-state index contributed by atoms with van der Waals surface area (Å²) in [5, 5.41) is 1.37. The summed E-state index contributed by atoms with van der Waals surface area (Å²) >= 11 is 14.6.